The van der Waals surface area contributed by atoms with Gasteiger partial charge in [-0.05, 0) is 80.0 Å². The summed E-state index contributed by atoms with van der Waals surface area (Å²) in [6, 6.07) is 0. The van der Waals surface area contributed by atoms with E-state index in [4.69, 9.17) is 0 Å². The number of fused-ring (bicyclic) bond motifs is 5. The smallest absolute Gasteiger partial charge is 0.123 e. The average molecular weight is 302 g/mol. The summed E-state index contributed by atoms with van der Waals surface area (Å²) in [6.07, 6.45) is 12.7. The van der Waals surface area contributed by atoms with Gasteiger partial charge >= 0.3 is 0 Å². The first kappa shape index (κ1) is 14.9. The molecule has 1 unspecified atom stereocenters. The third-order valence-electron chi connectivity index (χ3n) is 8.32. The Labute approximate surface area is 134 Å². The molecule has 0 radical (unpaired) electrons. The highest BCUT2D eigenvalue weighted by molar-refractivity contribution is 5.56. The van der Waals surface area contributed by atoms with Crippen LogP contribution in [0.3, 0.4) is 0 Å². The van der Waals surface area contributed by atoms with Gasteiger partial charge < -0.3 is 9.90 Å². The first-order valence-corrected chi connectivity index (χ1v) is 9.32. The van der Waals surface area contributed by atoms with Crippen molar-refractivity contribution in [1.82, 2.24) is 0 Å². The molecule has 0 aromatic carbocycles. The summed E-state index contributed by atoms with van der Waals surface area (Å²) in [5.74, 6) is 2.59. The molecule has 0 amide bonds. The Bertz CT molecular complexity index is 510. The predicted octanol–water partition coefficient (Wildman–Crippen LogP) is 4.13. The van der Waals surface area contributed by atoms with Crippen molar-refractivity contribution in [2.24, 2.45) is 34.5 Å². The van der Waals surface area contributed by atoms with Crippen LogP contribution in [0.2, 0.25) is 0 Å². The van der Waals surface area contributed by atoms with E-state index < -0.39 is 0 Å². The molecule has 7 atom stereocenters. The first-order chi connectivity index (χ1) is 10.5. The van der Waals surface area contributed by atoms with Crippen molar-refractivity contribution in [3.8, 4) is 0 Å². The lowest BCUT2D eigenvalue weighted by Crippen LogP contribution is -2.50. The largest absolute Gasteiger partial charge is 0.393 e. The maximum Gasteiger partial charge on any atom is 0.123 e. The molecule has 3 fully saturated rings. The number of hydrogen-bond donors (Lipinski definition) is 1. The average Bonchev–Trinajstić information content (AvgIpc) is 2.84. The molecule has 4 aliphatic carbocycles. The first-order valence-electron chi connectivity index (χ1n) is 9.32. The van der Waals surface area contributed by atoms with E-state index in [1.165, 1.54) is 32.0 Å². The molecule has 0 aromatic heterocycles. The van der Waals surface area contributed by atoms with Crippen molar-refractivity contribution in [2.45, 2.75) is 71.3 Å². The highest BCUT2D eigenvalue weighted by atomic mass is 16.3. The van der Waals surface area contributed by atoms with Gasteiger partial charge in [0.15, 0.2) is 0 Å². The molecule has 0 aromatic rings. The third-order valence-corrected chi connectivity index (χ3v) is 8.32. The van der Waals surface area contributed by atoms with Crippen molar-refractivity contribution >= 4 is 6.29 Å². The standard InChI is InChI=1S/C20H30O2/c1-19-9-7-15(22)11-13(19)3-5-16-17-6-4-14(12-21)20(17,2)10-8-18(16)19/h3,12,14-18,22H,4-11H2,1-2H3/t14?,15-,16+,17+,18+,19+,20-/m1/s1. The van der Waals surface area contributed by atoms with E-state index in [0.29, 0.717) is 11.3 Å². The SMILES string of the molecule is C[C@]12CC[C@@H](O)CC1=CC[C@@H]1[C@@H]2CC[C@]2(C)C(C=O)CC[C@@H]12. The molecule has 122 valence electrons. The van der Waals surface area contributed by atoms with Crippen LogP contribution in [0.1, 0.15) is 65.2 Å². The monoisotopic (exact) mass is 302 g/mol. The predicted molar refractivity (Wildman–Crippen MR) is 87.3 cm³/mol. The van der Waals surface area contributed by atoms with Gasteiger partial charge in [0, 0.05) is 5.92 Å². The Hall–Kier alpha value is -0.630. The van der Waals surface area contributed by atoms with Gasteiger partial charge in [-0.3, -0.25) is 0 Å². The molecular weight excluding hydrogens is 272 g/mol. The maximum atomic E-state index is 11.5. The fraction of sp³-hybridized carbons (Fsp3) is 0.850. The van der Waals surface area contributed by atoms with Crippen molar-refractivity contribution in [1.29, 1.82) is 0 Å². The highest BCUT2D eigenvalue weighted by Gasteiger charge is 2.58. The second-order valence-corrected chi connectivity index (χ2v) is 9.02. The van der Waals surface area contributed by atoms with Gasteiger partial charge in [0.1, 0.15) is 6.29 Å². The minimum atomic E-state index is -0.115. The summed E-state index contributed by atoms with van der Waals surface area (Å²) in [6.45, 7) is 4.86. The molecular formula is C20H30O2. The van der Waals surface area contributed by atoms with Crippen LogP contribution >= 0.6 is 0 Å². The number of aliphatic hydroxyl groups excluding tert-OH is 1. The summed E-state index contributed by atoms with van der Waals surface area (Å²) in [4.78, 5) is 11.5. The van der Waals surface area contributed by atoms with Crippen LogP contribution in [-0.4, -0.2) is 17.5 Å². The number of allylic oxidation sites excluding steroid dienone is 1. The molecule has 3 saturated carbocycles. The molecule has 0 spiro atoms. The normalized spacial score (nSPS) is 54.0. The molecule has 4 aliphatic rings. The molecule has 22 heavy (non-hydrogen) atoms. The van der Waals surface area contributed by atoms with Gasteiger partial charge in [0.2, 0.25) is 0 Å². The minimum Gasteiger partial charge on any atom is -0.393 e. The second-order valence-electron chi connectivity index (χ2n) is 9.02. The van der Waals surface area contributed by atoms with Crippen molar-refractivity contribution < 1.29 is 9.90 Å². The van der Waals surface area contributed by atoms with Gasteiger partial charge in [-0.15, -0.1) is 0 Å². The lowest BCUT2D eigenvalue weighted by atomic mass is 9.47. The maximum absolute atomic E-state index is 11.5. The molecule has 0 heterocycles. The molecule has 2 heteroatoms. The zero-order chi connectivity index (χ0) is 15.5. The van der Waals surface area contributed by atoms with E-state index in [-0.39, 0.29) is 11.5 Å². The Morgan fingerprint density at radius 1 is 1.14 bits per heavy atom. The zero-order valence-electron chi connectivity index (χ0n) is 14.1. The van der Waals surface area contributed by atoms with Crippen LogP contribution in [0.4, 0.5) is 0 Å². The summed E-state index contributed by atoms with van der Waals surface area (Å²) >= 11 is 0. The van der Waals surface area contributed by atoms with Crippen LogP contribution in [0.15, 0.2) is 11.6 Å². The van der Waals surface area contributed by atoms with Gasteiger partial charge in [-0.25, -0.2) is 0 Å². The van der Waals surface area contributed by atoms with Crippen molar-refractivity contribution in [3.63, 3.8) is 0 Å². The molecule has 2 nitrogen and oxygen atoms in total. The second kappa shape index (κ2) is 4.93. The van der Waals surface area contributed by atoms with E-state index in [0.717, 1.165) is 43.4 Å². The summed E-state index contributed by atoms with van der Waals surface area (Å²) < 4.78 is 0. The van der Waals surface area contributed by atoms with Crippen molar-refractivity contribution in [3.05, 3.63) is 11.6 Å². The van der Waals surface area contributed by atoms with Crippen LogP contribution in [-0.2, 0) is 4.79 Å². The summed E-state index contributed by atoms with van der Waals surface area (Å²) in [5, 5.41) is 10.0. The number of aldehydes is 1. The Morgan fingerprint density at radius 2 is 1.95 bits per heavy atom. The Balaban J connectivity index is 1.67. The fourth-order valence-electron chi connectivity index (χ4n) is 6.91. The number of carbonyl (C=O) groups excluding carboxylic acids is 1. The lowest BCUT2D eigenvalue weighted by Gasteiger charge is -2.57. The quantitative estimate of drug-likeness (QED) is 0.584. The van der Waals surface area contributed by atoms with Gasteiger partial charge in [-0.2, -0.15) is 0 Å². The topological polar surface area (TPSA) is 37.3 Å². The Kier molecular flexibility index (Phi) is 3.35. The molecule has 0 saturated heterocycles. The van der Waals surface area contributed by atoms with Crippen LogP contribution < -0.4 is 0 Å². The zero-order valence-corrected chi connectivity index (χ0v) is 14.1. The third kappa shape index (κ3) is 1.85. The van der Waals surface area contributed by atoms with Crippen molar-refractivity contribution in [2.75, 3.05) is 0 Å². The van der Waals surface area contributed by atoms with E-state index >= 15 is 0 Å². The van der Waals surface area contributed by atoms with Crippen LogP contribution in [0.25, 0.3) is 0 Å². The van der Waals surface area contributed by atoms with Gasteiger partial charge in [-0.1, -0.05) is 25.5 Å². The molecule has 4 rings (SSSR count). The summed E-state index contributed by atoms with van der Waals surface area (Å²) in [7, 11) is 0. The van der Waals surface area contributed by atoms with E-state index in [1.54, 1.807) is 5.57 Å². The van der Waals surface area contributed by atoms with E-state index in [1.807, 2.05) is 0 Å². The lowest BCUT2D eigenvalue weighted by molar-refractivity contribution is -0.117. The molecule has 1 N–H and O–H groups in total. The number of rotatable bonds is 1. The van der Waals surface area contributed by atoms with Crippen LogP contribution in [0, 0.1) is 34.5 Å². The minimum absolute atomic E-state index is 0.115. The number of aliphatic hydroxyl groups is 1. The fourth-order valence-corrected chi connectivity index (χ4v) is 6.91. The molecule has 0 aliphatic heterocycles. The van der Waals surface area contributed by atoms with E-state index in [2.05, 4.69) is 19.9 Å². The number of carbonyl (C=O) groups is 1. The molecule has 0 bridgehead atoms. The highest BCUT2D eigenvalue weighted by Crippen LogP contribution is 2.65. The van der Waals surface area contributed by atoms with Gasteiger partial charge in [0.05, 0.1) is 6.10 Å². The summed E-state index contributed by atoms with van der Waals surface area (Å²) in [5.41, 5.74) is 2.13. The Morgan fingerprint density at radius 3 is 2.73 bits per heavy atom. The van der Waals surface area contributed by atoms with Crippen LogP contribution in [0.5, 0.6) is 0 Å². The van der Waals surface area contributed by atoms with Gasteiger partial charge in [0.25, 0.3) is 0 Å². The van der Waals surface area contributed by atoms with E-state index in [9.17, 15) is 9.90 Å². The number of hydrogen-bond acceptors (Lipinski definition) is 2.